The summed E-state index contributed by atoms with van der Waals surface area (Å²) in [6.07, 6.45) is 0.694. The fourth-order valence-electron chi connectivity index (χ4n) is 2.01. The Bertz CT molecular complexity index is 663. The van der Waals surface area contributed by atoms with Gasteiger partial charge in [-0.1, -0.05) is 13.0 Å². The lowest BCUT2D eigenvalue weighted by Gasteiger charge is -2.16. The lowest BCUT2D eigenvalue weighted by molar-refractivity contribution is 0.517. The number of aryl methyl sites for hydroxylation is 1. The van der Waals surface area contributed by atoms with E-state index in [0.29, 0.717) is 17.5 Å². The third kappa shape index (κ3) is 1.91. The maximum atomic E-state index is 11.4. The smallest absolute Gasteiger partial charge is 0.408 e. The van der Waals surface area contributed by atoms with Crippen LogP contribution in [-0.2, 0) is 7.05 Å². The molecule has 2 N–H and O–H groups in total. The molecule has 2 atom stereocenters. The zero-order chi connectivity index (χ0) is 13.3. The molecule has 94 valence electrons. The molecule has 0 aliphatic rings. The molecule has 0 aliphatic heterocycles. The maximum absolute atomic E-state index is 11.4. The van der Waals surface area contributed by atoms with E-state index in [-0.39, 0.29) is 12.0 Å². The van der Waals surface area contributed by atoms with Crippen LogP contribution < -0.4 is 11.5 Å². The normalized spacial score (nSPS) is 14.3. The number of rotatable bonds is 3. The predicted molar refractivity (Wildman–Crippen MR) is 67.8 cm³/mol. The van der Waals surface area contributed by atoms with Crippen molar-refractivity contribution in [1.29, 1.82) is 5.26 Å². The molecule has 5 nitrogen and oxygen atoms in total. The summed E-state index contributed by atoms with van der Waals surface area (Å²) >= 11 is 0. The van der Waals surface area contributed by atoms with Crippen LogP contribution in [0.2, 0.25) is 0 Å². The molecule has 5 heteroatoms. The Kier molecular flexibility index (Phi) is 3.21. The summed E-state index contributed by atoms with van der Waals surface area (Å²) in [5.74, 6) is -0.630. The first-order valence-corrected chi connectivity index (χ1v) is 5.83. The van der Waals surface area contributed by atoms with Gasteiger partial charge in [0.05, 0.1) is 17.5 Å². The summed E-state index contributed by atoms with van der Waals surface area (Å²) in [7, 11) is 1.64. The van der Waals surface area contributed by atoms with Crippen LogP contribution in [0.4, 0.5) is 0 Å². The van der Waals surface area contributed by atoms with E-state index in [0.717, 1.165) is 5.56 Å². The van der Waals surface area contributed by atoms with Crippen molar-refractivity contribution in [3.8, 4) is 6.07 Å². The van der Waals surface area contributed by atoms with Crippen LogP contribution in [0, 0.1) is 17.2 Å². The van der Waals surface area contributed by atoms with Crippen LogP contribution in [0.15, 0.2) is 27.4 Å². The molecule has 0 spiro atoms. The molecule has 0 saturated carbocycles. The van der Waals surface area contributed by atoms with Gasteiger partial charge in [-0.05, 0) is 24.1 Å². The number of aromatic nitrogens is 1. The van der Waals surface area contributed by atoms with Gasteiger partial charge in [0.2, 0.25) is 0 Å². The number of nitrogens with two attached hydrogens (primary N) is 1. The van der Waals surface area contributed by atoms with Gasteiger partial charge in [0, 0.05) is 13.1 Å². The minimum Gasteiger partial charge on any atom is -0.408 e. The van der Waals surface area contributed by atoms with Crippen molar-refractivity contribution in [3.63, 3.8) is 0 Å². The Labute approximate surface area is 104 Å². The summed E-state index contributed by atoms with van der Waals surface area (Å²) < 4.78 is 6.48. The zero-order valence-corrected chi connectivity index (χ0v) is 10.4. The number of hydrogen-bond donors (Lipinski definition) is 1. The Hall–Kier alpha value is -2.06. The topological polar surface area (TPSA) is 85.0 Å². The molecule has 2 unspecified atom stereocenters. The summed E-state index contributed by atoms with van der Waals surface area (Å²) in [4.78, 5) is 11.4. The van der Waals surface area contributed by atoms with Crippen molar-refractivity contribution >= 4 is 11.1 Å². The van der Waals surface area contributed by atoms with Gasteiger partial charge in [-0.15, -0.1) is 0 Å². The van der Waals surface area contributed by atoms with Crippen molar-refractivity contribution in [2.75, 3.05) is 0 Å². The van der Waals surface area contributed by atoms with Gasteiger partial charge in [-0.3, -0.25) is 4.57 Å². The van der Waals surface area contributed by atoms with Crippen molar-refractivity contribution in [2.24, 2.45) is 18.7 Å². The van der Waals surface area contributed by atoms with Crippen molar-refractivity contribution in [2.45, 2.75) is 19.4 Å². The zero-order valence-electron chi connectivity index (χ0n) is 10.4. The van der Waals surface area contributed by atoms with Gasteiger partial charge in [0.15, 0.2) is 5.58 Å². The number of nitriles is 1. The molecule has 2 rings (SSSR count). The van der Waals surface area contributed by atoms with Gasteiger partial charge >= 0.3 is 5.76 Å². The molecule has 1 aromatic carbocycles. The highest BCUT2D eigenvalue weighted by Crippen LogP contribution is 2.24. The molecule has 1 heterocycles. The molecule has 18 heavy (non-hydrogen) atoms. The van der Waals surface area contributed by atoms with Crippen LogP contribution in [0.5, 0.6) is 0 Å². The molecule has 0 saturated heterocycles. The molecular formula is C13H15N3O2. The molecule has 2 aromatic rings. The number of fused-ring (bicyclic) bond motifs is 1. The van der Waals surface area contributed by atoms with Crippen molar-refractivity contribution in [3.05, 3.63) is 34.3 Å². The van der Waals surface area contributed by atoms with Crippen LogP contribution in [0.1, 0.15) is 24.9 Å². The minimum absolute atomic E-state index is 0.230. The number of nitrogens with zero attached hydrogens (tertiary/aromatic N) is 2. The first-order valence-electron chi connectivity index (χ1n) is 5.83. The SMILES string of the molecule is CCC(C#N)C(N)c1ccc2oc(=O)n(C)c2c1. The second kappa shape index (κ2) is 4.67. The fourth-order valence-corrected chi connectivity index (χ4v) is 2.01. The highest BCUT2D eigenvalue weighted by Gasteiger charge is 2.18. The van der Waals surface area contributed by atoms with Crippen LogP contribution in [0.25, 0.3) is 11.1 Å². The molecule has 0 aliphatic carbocycles. The van der Waals surface area contributed by atoms with Gasteiger partial charge in [-0.2, -0.15) is 5.26 Å². The highest BCUT2D eigenvalue weighted by molar-refractivity contribution is 5.73. The monoisotopic (exact) mass is 245 g/mol. The average Bonchev–Trinajstić information content (AvgIpc) is 2.66. The molecule has 0 amide bonds. The number of hydrogen-bond acceptors (Lipinski definition) is 4. The van der Waals surface area contributed by atoms with E-state index >= 15 is 0 Å². The molecular weight excluding hydrogens is 230 g/mol. The summed E-state index contributed by atoms with van der Waals surface area (Å²) in [5.41, 5.74) is 8.13. The lowest BCUT2D eigenvalue weighted by atomic mass is 9.93. The second-order valence-electron chi connectivity index (χ2n) is 4.32. The number of benzene rings is 1. The van der Waals surface area contributed by atoms with Gasteiger partial charge in [-0.25, -0.2) is 4.79 Å². The largest absolute Gasteiger partial charge is 0.419 e. The molecule has 0 radical (unpaired) electrons. The predicted octanol–water partition coefficient (Wildman–Crippen LogP) is 1.68. The Morgan fingerprint density at radius 2 is 2.28 bits per heavy atom. The van der Waals surface area contributed by atoms with E-state index < -0.39 is 5.76 Å². The summed E-state index contributed by atoms with van der Waals surface area (Å²) in [6.45, 7) is 1.93. The number of oxazole rings is 1. The lowest BCUT2D eigenvalue weighted by Crippen LogP contribution is -2.19. The first-order chi connectivity index (χ1) is 8.58. The summed E-state index contributed by atoms with van der Waals surface area (Å²) in [5, 5.41) is 9.03. The quantitative estimate of drug-likeness (QED) is 0.891. The third-order valence-electron chi connectivity index (χ3n) is 3.24. The van der Waals surface area contributed by atoms with E-state index in [1.165, 1.54) is 4.57 Å². The van der Waals surface area contributed by atoms with Gasteiger partial charge in [0.25, 0.3) is 0 Å². The molecule has 0 fully saturated rings. The second-order valence-corrected chi connectivity index (χ2v) is 4.32. The fraction of sp³-hybridized carbons (Fsp3) is 0.385. The van der Waals surface area contributed by atoms with E-state index in [4.69, 9.17) is 15.4 Å². The molecule has 0 bridgehead atoms. The highest BCUT2D eigenvalue weighted by atomic mass is 16.4. The van der Waals surface area contributed by atoms with E-state index in [1.54, 1.807) is 19.2 Å². The summed E-state index contributed by atoms with van der Waals surface area (Å²) in [6, 6.07) is 7.18. The minimum atomic E-state index is -0.400. The van der Waals surface area contributed by atoms with E-state index in [1.807, 2.05) is 13.0 Å². The Balaban J connectivity index is 2.50. The van der Waals surface area contributed by atoms with Crippen LogP contribution in [-0.4, -0.2) is 4.57 Å². The standard InChI is InChI=1S/C13H15N3O2/c1-3-8(7-14)12(15)9-4-5-11-10(6-9)16(2)13(17)18-11/h4-6,8,12H,3,15H2,1-2H3. The Morgan fingerprint density at radius 1 is 1.56 bits per heavy atom. The van der Waals surface area contributed by atoms with Crippen molar-refractivity contribution < 1.29 is 4.42 Å². The molecule has 1 aromatic heterocycles. The van der Waals surface area contributed by atoms with E-state index in [9.17, 15) is 4.79 Å². The first kappa shape index (κ1) is 12.4. The third-order valence-corrected chi connectivity index (χ3v) is 3.24. The maximum Gasteiger partial charge on any atom is 0.419 e. The average molecular weight is 245 g/mol. The van der Waals surface area contributed by atoms with Crippen LogP contribution in [0.3, 0.4) is 0 Å². The van der Waals surface area contributed by atoms with E-state index in [2.05, 4.69) is 6.07 Å². The van der Waals surface area contributed by atoms with Crippen LogP contribution >= 0.6 is 0 Å². The van der Waals surface area contributed by atoms with Gasteiger partial charge < -0.3 is 10.2 Å². The van der Waals surface area contributed by atoms with Gasteiger partial charge in [0.1, 0.15) is 0 Å². The Morgan fingerprint density at radius 3 is 2.89 bits per heavy atom. The van der Waals surface area contributed by atoms with Crippen molar-refractivity contribution in [1.82, 2.24) is 4.57 Å².